The predicted octanol–water partition coefficient (Wildman–Crippen LogP) is 1.20. The van der Waals surface area contributed by atoms with Crippen molar-refractivity contribution in [1.29, 1.82) is 5.26 Å². The van der Waals surface area contributed by atoms with E-state index in [1.54, 1.807) is 24.3 Å². The summed E-state index contributed by atoms with van der Waals surface area (Å²) in [5, 5.41) is 14.4. The van der Waals surface area contributed by atoms with Crippen LogP contribution in [0.4, 0.5) is 11.6 Å². The van der Waals surface area contributed by atoms with Gasteiger partial charge in [0.05, 0.1) is 23.1 Å². The van der Waals surface area contributed by atoms with Crippen LogP contribution in [0.2, 0.25) is 0 Å². The molecule has 8 nitrogen and oxygen atoms in total. The van der Waals surface area contributed by atoms with Gasteiger partial charge >= 0.3 is 0 Å². The third-order valence-corrected chi connectivity index (χ3v) is 5.49. The molecule has 1 saturated heterocycles. The number of anilines is 2. The highest BCUT2D eigenvalue weighted by Crippen LogP contribution is 2.16. The van der Waals surface area contributed by atoms with Crippen molar-refractivity contribution in [2.24, 2.45) is 0 Å². The maximum atomic E-state index is 12.3. The molecule has 0 bridgehead atoms. The van der Waals surface area contributed by atoms with Crippen molar-refractivity contribution in [3.63, 3.8) is 0 Å². The average molecular weight is 357 g/mol. The molecule has 0 radical (unpaired) electrons. The summed E-state index contributed by atoms with van der Waals surface area (Å²) in [7, 11) is -3.01. The number of nitriles is 1. The molecule has 1 aliphatic rings. The zero-order chi connectivity index (χ0) is 17.9. The average Bonchev–Trinajstić information content (AvgIpc) is 2.94. The fourth-order valence-corrected chi connectivity index (χ4v) is 4.14. The summed E-state index contributed by atoms with van der Waals surface area (Å²) in [6, 6.07) is 9.67. The van der Waals surface area contributed by atoms with E-state index in [1.807, 2.05) is 6.07 Å². The molecule has 3 rings (SSSR count). The molecule has 2 heterocycles. The molecule has 1 amide bonds. The van der Waals surface area contributed by atoms with Crippen molar-refractivity contribution in [2.75, 3.05) is 22.1 Å². The topological polar surface area (TPSA) is 125 Å². The Bertz CT molecular complexity index is 935. The number of nitrogens with zero attached hydrogens (tertiary/aromatic N) is 3. The number of hydrogen-bond acceptors (Lipinski definition) is 7. The third-order valence-electron chi connectivity index (χ3n) is 3.73. The Morgan fingerprint density at radius 1 is 1.24 bits per heavy atom. The van der Waals surface area contributed by atoms with Crippen LogP contribution in [-0.2, 0) is 9.84 Å². The van der Waals surface area contributed by atoms with Crippen molar-refractivity contribution in [3.8, 4) is 6.07 Å². The van der Waals surface area contributed by atoms with Crippen molar-refractivity contribution in [1.82, 2.24) is 9.97 Å². The summed E-state index contributed by atoms with van der Waals surface area (Å²) in [6.07, 6.45) is 1.93. The van der Waals surface area contributed by atoms with Gasteiger partial charge in [0.15, 0.2) is 9.84 Å². The summed E-state index contributed by atoms with van der Waals surface area (Å²) < 4.78 is 23.0. The number of carbonyl (C=O) groups is 1. The number of benzene rings is 1. The summed E-state index contributed by atoms with van der Waals surface area (Å²) in [5.74, 6) is -0.0227. The van der Waals surface area contributed by atoms with Crippen molar-refractivity contribution in [2.45, 2.75) is 12.5 Å². The fraction of sp³-hybridized carbons (Fsp3) is 0.250. The molecule has 2 N–H and O–H groups in total. The van der Waals surface area contributed by atoms with Crippen LogP contribution in [0.15, 0.2) is 36.5 Å². The molecule has 2 aromatic rings. The Hall–Kier alpha value is -2.99. The minimum atomic E-state index is -3.01. The summed E-state index contributed by atoms with van der Waals surface area (Å²) in [4.78, 5) is 20.4. The second kappa shape index (κ2) is 6.86. The second-order valence-electron chi connectivity index (χ2n) is 5.65. The Labute approximate surface area is 144 Å². The SMILES string of the molecule is N#Cc1ccc(NC(=O)c2ccnc(NC3CCS(=O)(=O)C3)n2)cc1. The van der Waals surface area contributed by atoms with Crippen LogP contribution >= 0.6 is 0 Å². The van der Waals surface area contributed by atoms with E-state index in [0.717, 1.165) is 0 Å². The van der Waals surface area contributed by atoms with E-state index in [-0.39, 0.29) is 29.2 Å². The molecule has 1 atom stereocenters. The molecular weight excluding hydrogens is 342 g/mol. The molecule has 1 aliphatic heterocycles. The van der Waals surface area contributed by atoms with Gasteiger partial charge in [0.1, 0.15) is 5.69 Å². The molecule has 0 spiro atoms. The van der Waals surface area contributed by atoms with Gasteiger partial charge in [-0.25, -0.2) is 18.4 Å². The van der Waals surface area contributed by atoms with Gasteiger partial charge in [-0.05, 0) is 36.8 Å². The van der Waals surface area contributed by atoms with Crippen LogP contribution in [0.3, 0.4) is 0 Å². The highest BCUT2D eigenvalue weighted by Gasteiger charge is 2.28. The molecule has 0 aliphatic carbocycles. The van der Waals surface area contributed by atoms with E-state index in [0.29, 0.717) is 17.7 Å². The Morgan fingerprint density at radius 2 is 2.00 bits per heavy atom. The fourth-order valence-electron chi connectivity index (χ4n) is 2.47. The highest BCUT2D eigenvalue weighted by atomic mass is 32.2. The van der Waals surface area contributed by atoms with Gasteiger partial charge in [0, 0.05) is 17.9 Å². The predicted molar refractivity (Wildman–Crippen MR) is 91.8 cm³/mol. The number of nitrogens with one attached hydrogen (secondary N) is 2. The van der Waals surface area contributed by atoms with Crippen LogP contribution in [0, 0.1) is 11.3 Å². The monoisotopic (exact) mass is 357 g/mol. The van der Waals surface area contributed by atoms with Crippen LogP contribution in [-0.4, -0.2) is 41.8 Å². The summed E-state index contributed by atoms with van der Waals surface area (Å²) in [6.45, 7) is 0. The zero-order valence-corrected chi connectivity index (χ0v) is 14.0. The van der Waals surface area contributed by atoms with E-state index in [9.17, 15) is 13.2 Å². The lowest BCUT2D eigenvalue weighted by molar-refractivity contribution is 0.102. The molecule has 1 fully saturated rings. The number of amides is 1. The lowest BCUT2D eigenvalue weighted by atomic mass is 10.2. The minimum Gasteiger partial charge on any atom is -0.350 e. The van der Waals surface area contributed by atoms with Gasteiger partial charge in [-0.3, -0.25) is 4.79 Å². The first kappa shape index (κ1) is 16.9. The molecule has 128 valence electrons. The van der Waals surface area contributed by atoms with E-state index < -0.39 is 15.7 Å². The lowest BCUT2D eigenvalue weighted by Crippen LogP contribution is -2.23. The van der Waals surface area contributed by atoms with Gasteiger partial charge < -0.3 is 10.6 Å². The maximum Gasteiger partial charge on any atom is 0.274 e. The van der Waals surface area contributed by atoms with Crippen LogP contribution in [0.1, 0.15) is 22.5 Å². The highest BCUT2D eigenvalue weighted by molar-refractivity contribution is 7.91. The molecule has 25 heavy (non-hydrogen) atoms. The molecule has 9 heteroatoms. The summed E-state index contributed by atoms with van der Waals surface area (Å²) >= 11 is 0. The zero-order valence-electron chi connectivity index (χ0n) is 13.1. The van der Waals surface area contributed by atoms with E-state index in [2.05, 4.69) is 20.6 Å². The van der Waals surface area contributed by atoms with E-state index in [1.165, 1.54) is 12.3 Å². The minimum absolute atomic E-state index is 0.0397. The molecule has 1 aromatic heterocycles. The number of rotatable bonds is 4. The van der Waals surface area contributed by atoms with Crippen molar-refractivity contribution < 1.29 is 13.2 Å². The molecule has 0 saturated carbocycles. The van der Waals surface area contributed by atoms with Gasteiger partial charge in [-0.2, -0.15) is 5.26 Å². The molecular formula is C16H15N5O3S. The number of aromatic nitrogens is 2. The van der Waals surface area contributed by atoms with E-state index in [4.69, 9.17) is 5.26 Å². The van der Waals surface area contributed by atoms with E-state index >= 15 is 0 Å². The molecule has 1 unspecified atom stereocenters. The number of carbonyl (C=O) groups excluding carboxylic acids is 1. The second-order valence-corrected chi connectivity index (χ2v) is 7.88. The number of hydrogen-bond donors (Lipinski definition) is 2. The van der Waals surface area contributed by atoms with Crippen LogP contribution < -0.4 is 10.6 Å². The molecule has 1 aromatic carbocycles. The van der Waals surface area contributed by atoms with Gasteiger partial charge in [0.2, 0.25) is 5.95 Å². The first-order valence-corrected chi connectivity index (χ1v) is 9.39. The smallest absolute Gasteiger partial charge is 0.274 e. The standard InChI is InChI=1S/C16H15N5O3S/c17-9-11-1-3-12(4-2-11)19-15(22)14-5-7-18-16(21-14)20-13-6-8-25(23,24)10-13/h1-5,7,13H,6,8,10H2,(H,19,22)(H,18,20,21). The first-order valence-electron chi connectivity index (χ1n) is 7.57. The lowest BCUT2D eigenvalue weighted by Gasteiger charge is -2.11. The first-order chi connectivity index (χ1) is 11.9. The van der Waals surface area contributed by atoms with Gasteiger partial charge in [-0.1, -0.05) is 0 Å². The number of sulfone groups is 1. The normalized spacial score (nSPS) is 18.3. The third kappa shape index (κ3) is 4.30. The maximum absolute atomic E-state index is 12.3. The Balaban J connectivity index is 1.68. The largest absolute Gasteiger partial charge is 0.350 e. The van der Waals surface area contributed by atoms with Crippen LogP contribution in [0.25, 0.3) is 0 Å². The van der Waals surface area contributed by atoms with Crippen LogP contribution in [0.5, 0.6) is 0 Å². The quantitative estimate of drug-likeness (QED) is 0.842. The van der Waals surface area contributed by atoms with Crippen molar-refractivity contribution in [3.05, 3.63) is 47.8 Å². The Morgan fingerprint density at radius 3 is 2.64 bits per heavy atom. The Kier molecular flexibility index (Phi) is 4.63. The van der Waals surface area contributed by atoms with Crippen molar-refractivity contribution >= 4 is 27.4 Å². The van der Waals surface area contributed by atoms with Gasteiger partial charge in [0.25, 0.3) is 5.91 Å². The van der Waals surface area contributed by atoms with Gasteiger partial charge in [-0.15, -0.1) is 0 Å². The summed E-state index contributed by atoms with van der Waals surface area (Å²) in [5.41, 5.74) is 1.19.